The lowest BCUT2D eigenvalue weighted by molar-refractivity contribution is -0.108. The van der Waals surface area contributed by atoms with Crippen LogP contribution in [0.25, 0.3) is 16.8 Å². The van der Waals surface area contributed by atoms with Gasteiger partial charge in [0, 0.05) is 5.57 Å². The second-order valence-electron chi connectivity index (χ2n) is 3.71. The summed E-state index contributed by atoms with van der Waals surface area (Å²) in [6.07, 6.45) is 1.79. The van der Waals surface area contributed by atoms with E-state index in [9.17, 15) is 4.79 Å². The molecule has 0 saturated heterocycles. The van der Waals surface area contributed by atoms with Crippen LogP contribution in [-0.2, 0) is 4.79 Å². The van der Waals surface area contributed by atoms with Crippen LogP contribution in [0.3, 0.4) is 0 Å². The molecule has 0 aliphatic carbocycles. The molecule has 0 atom stereocenters. The number of rotatable bonds is 2. The molecule has 0 amide bonds. The quantitative estimate of drug-likeness (QED) is 0.563. The maximum Gasteiger partial charge on any atom is 0.248 e. The molecule has 0 spiro atoms. The molecule has 0 N–H and O–H groups in total. The highest BCUT2D eigenvalue weighted by Gasteiger charge is 1.99. The molecule has 80 valence electrons. The molecule has 2 rings (SSSR count). The van der Waals surface area contributed by atoms with Crippen molar-refractivity contribution in [3.05, 3.63) is 53.6 Å². The van der Waals surface area contributed by atoms with Crippen LogP contribution in [0.5, 0.6) is 0 Å². The summed E-state index contributed by atoms with van der Waals surface area (Å²) >= 11 is 5.39. The second-order valence-corrected chi connectivity index (χ2v) is 4.05. The molecule has 0 aliphatic heterocycles. The van der Waals surface area contributed by atoms with Crippen LogP contribution >= 0.6 is 11.6 Å². The second kappa shape index (κ2) is 4.50. The van der Waals surface area contributed by atoms with Crippen LogP contribution in [0.15, 0.2) is 48.0 Å². The number of halogens is 1. The Hall–Kier alpha value is -1.60. The van der Waals surface area contributed by atoms with Gasteiger partial charge >= 0.3 is 0 Å². The largest absolute Gasteiger partial charge is 0.276 e. The minimum Gasteiger partial charge on any atom is -0.276 e. The zero-order valence-corrected chi connectivity index (χ0v) is 9.66. The number of allylic oxidation sites excluding steroid dienone is 1. The maximum absolute atomic E-state index is 10.9. The average molecular weight is 231 g/mol. The zero-order valence-electron chi connectivity index (χ0n) is 8.91. The van der Waals surface area contributed by atoms with E-state index in [1.807, 2.05) is 36.4 Å². The van der Waals surface area contributed by atoms with Gasteiger partial charge in [-0.25, -0.2) is 0 Å². The molecular weight excluding hydrogens is 220 g/mol. The van der Waals surface area contributed by atoms with Gasteiger partial charge < -0.3 is 0 Å². The van der Waals surface area contributed by atoms with E-state index < -0.39 is 5.24 Å². The average Bonchev–Trinajstić information content (AvgIpc) is 2.28. The topological polar surface area (TPSA) is 17.1 Å². The monoisotopic (exact) mass is 230 g/mol. The fourth-order valence-electron chi connectivity index (χ4n) is 1.60. The van der Waals surface area contributed by atoms with Crippen molar-refractivity contribution in [3.8, 4) is 0 Å². The molecule has 0 radical (unpaired) electrons. The van der Waals surface area contributed by atoms with E-state index >= 15 is 0 Å². The van der Waals surface area contributed by atoms with Gasteiger partial charge in [0.25, 0.3) is 0 Å². The van der Waals surface area contributed by atoms with Gasteiger partial charge in [-0.3, -0.25) is 4.79 Å². The van der Waals surface area contributed by atoms with E-state index in [2.05, 4.69) is 6.07 Å². The highest BCUT2D eigenvalue weighted by molar-refractivity contribution is 6.68. The van der Waals surface area contributed by atoms with Crippen molar-refractivity contribution in [1.29, 1.82) is 0 Å². The van der Waals surface area contributed by atoms with Crippen molar-refractivity contribution in [2.45, 2.75) is 6.92 Å². The molecule has 0 fully saturated rings. The standard InChI is InChI=1S/C14H11ClO/c1-10(14(15)16)8-11-6-7-12-4-2-3-5-13(12)9-11/h2-9H,1H3. The number of hydrogen-bond acceptors (Lipinski definition) is 1. The Balaban J connectivity index is 2.47. The first-order chi connectivity index (χ1) is 7.66. The van der Waals surface area contributed by atoms with Gasteiger partial charge in [-0.15, -0.1) is 0 Å². The summed E-state index contributed by atoms with van der Waals surface area (Å²) in [5, 5.41) is 1.94. The predicted octanol–water partition coefficient (Wildman–Crippen LogP) is 4.01. The third-order valence-electron chi connectivity index (χ3n) is 2.47. The van der Waals surface area contributed by atoms with Crippen molar-refractivity contribution in [3.63, 3.8) is 0 Å². The predicted molar refractivity (Wildman–Crippen MR) is 68.5 cm³/mol. The van der Waals surface area contributed by atoms with Crippen LogP contribution in [0, 0.1) is 0 Å². The first kappa shape index (κ1) is 10.9. The van der Waals surface area contributed by atoms with Crippen LogP contribution in [0.4, 0.5) is 0 Å². The van der Waals surface area contributed by atoms with Gasteiger partial charge in [0.15, 0.2) is 0 Å². The summed E-state index contributed by atoms with van der Waals surface area (Å²) in [5.41, 5.74) is 1.54. The molecule has 0 saturated carbocycles. The van der Waals surface area contributed by atoms with E-state index in [0.29, 0.717) is 5.57 Å². The molecular formula is C14H11ClO. The van der Waals surface area contributed by atoms with Gasteiger partial charge in [-0.1, -0.05) is 36.4 Å². The molecule has 16 heavy (non-hydrogen) atoms. The van der Waals surface area contributed by atoms with Crippen LogP contribution in [0.2, 0.25) is 0 Å². The lowest BCUT2D eigenvalue weighted by Crippen LogP contribution is -1.87. The van der Waals surface area contributed by atoms with Crippen molar-refractivity contribution >= 4 is 33.7 Å². The third kappa shape index (κ3) is 2.31. The number of fused-ring (bicyclic) bond motifs is 1. The first-order valence-electron chi connectivity index (χ1n) is 5.04. The molecule has 0 aliphatic rings. The van der Waals surface area contributed by atoms with E-state index in [4.69, 9.17) is 11.6 Å². The highest BCUT2D eigenvalue weighted by atomic mass is 35.5. The third-order valence-corrected chi connectivity index (χ3v) is 2.76. The van der Waals surface area contributed by atoms with Crippen molar-refractivity contribution < 1.29 is 4.79 Å². The van der Waals surface area contributed by atoms with E-state index in [1.165, 1.54) is 5.39 Å². The Morgan fingerprint density at radius 2 is 1.81 bits per heavy atom. The normalized spacial score (nSPS) is 11.8. The Bertz CT molecular complexity index is 570. The summed E-state index contributed by atoms with van der Waals surface area (Å²) in [6, 6.07) is 14.2. The molecule has 0 aromatic heterocycles. The summed E-state index contributed by atoms with van der Waals surface area (Å²) in [6.45, 7) is 1.71. The molecule has 0 bridgehead atoms. The van der Waals surface area contributed by atoms with Crippen LogP contribution in [-0.4, -0.2) is 5.24 Å². The number of carbonyl (C=O) groups is 1. The molecule has 0 heterocycles. The van der Waals surface area contributed by atoms with Crippen molar-refractivity contribution in [2.75, 3.05) is 0 Å². The van der Waals surface area contributed by atoms with Crippen LogP contribution < -0.4 is 0 Å². The Kier molecular flexibility index (Phi) is 3.07. The minimum absolute atomic E-state index is 0.409. The molecule has 2 aromatic rings. The van der Waals surface area contributed by atoms with Crippen molar-refractivity contribution in [1.82, 2.24) is 0 Å². The van der Waals surface area contributed by atoms with Gasteiger partial charge in [-0.2, -0.15) is 0 Å². The molecule has 2 heteroatoms. The van der Waals surface area contributed by atoms with Gasteiger partial charge in [0.05, 0.1) is 0 Å². The zero-order chi connectivity index (χ0) is 11.5. The lowest BCUT2D eigenvalue weighted by atomic mass is 10.1. The molecule has 2 aromatic carbocycles. The minimum atomic E-state index is -0.409. The number of hydrogen-bond donors (Lipinski definition) is 0. The smallest absolute Gasteiger partial charge is 0.248 e. The highest BCUT2D eigenvalue weighted by Crippen LogP contribution is 2.17. The maximum atomic E-state index is 10.9. The first-order valence-corrected chi connectivity index (χ1v) is 5.41. The van der Waals surface area contributed by atoms with Crippen molar-refractivity contribution in [2.24, 2.45) is 0 Å². The summed E-state index contributed by atoms with van der Waals surface area (Å²) < 4.78 is 0. The van der Waals surface area contributed by atoms with E-state index in [-0.39, 0.29) is 0 Å². The van der Waals surface area contributed by atoms with E-state index in [0.717, 1.165) is 10.9 Å². The summed E-state index contributed by atoms with van der Waals surface area (Å²) in [7, 11) is 0. The molecule has 0 unspecified atom stereocenters. The Morgan fingerprint density at radius 1 is 1.12 bits per heavy atom. The lowest BCUT2D eigenvalue weighted by Gasteiger charge is -2.00. The van der Waals surface area contributed by atoms with Gasteiger partial charge in [0.2, 0.25) is 5.24 Å². The Morgan fingerprint density at radius 3 is 2.50 bits per heavy atom. The van der Waals surface area contributed by atoms with Gasteiger partial charge in [-0.05, 0) is 47.0 Å². The number of carbonyl (C=O) groups excluding carboxylic acids is 1. The van der Waals surface area contributed by atoms with E-state index in [1.54, 1.807) is 13.0 Å². The van der Waals surface area contributed by atoms with Crippen LogP contribution in [0.1, 0.15) is 12.5 Å². The van der Waals surface area contributed by atoms with Gasteiger partial charge in [0.1, 0.15) is 0 Å². The summed E-state index contributed by atoms with van der Waals surface area (Å²) in [5.74, 6) is 0. The number of benzene rings is 2. The SMILES string of the molecule is CC(=Cc1ccc2ccccc2c1)C(=O)Cl. The fourth-order valence-corrected chi connectivity index (χ4v) is 1.66. The Labute approximate surface area is 99.3 Å². The molecule has 1 nitrogen and oxygen atoms in total. The summed E-state index contributed by atoms with van der Waals surface area (Å²) in [4.78, 5) is 10.9. The fraction of sp³-hybridized carbons (Fsp3) is 0.0714.